The van der Waals surface area contributed by atoms with E-state index in [4.69, 9.17) is 10.6 Å². The molecule has 216 valence electrons. The summed E-state index contributed by atoms with van der Waals surface area (Å²) in [7, 11) is 1.25. The van der Waals surface area contributed by atoms with Crippen LogP contribution in [0.25, 0.3) is 11.3 Å². The molecule has 40 heavy (non-hydrogen) atoms. The normalized spacial score (nSPS) is 13.8. The van der Waals surface area contributed by atoms with Crippen LogP contribution in [0.2, 0.25) is 0 Å². The summed E-state index contributed by atoms with van der Waals surface area (Å²) in [6, 6.07) is 15.9. The van der Waals surface area contributed by atoms with E-state index in [1.54, 1.807) is 18.6 Å². The van der Waals surface area contributed by atoms with Crippen molar-refractivity contribution >= 4 is 24.4 Å². The molecule has 0 aliphatic rings. The predicted molar refractivity (Wildman–Crippen MR) is 156 cm³/mol. The molecule has 4 atom stereocenters. The molecule has 0 saturated heterocycles. The quantitative estimate of drug-likeness (QED) is 0.181. The van der Waals surface area contributed by atoms with Gasteiger partial charge in [-0.1, -0.05) is 74.9 Å². The van der Waals surface area contributed by atoms with Gasteiger partial charge in [0.2, 0.25) is 5.91 Å². The van der Waals surface area contributed by atoms with Gasteiger partial charge >= 0.3 is 6.09 Å². The topological polar surface area (TPSA) is 143 Å². The van der Waals surface area contributed by atoms with Crippen molar-refractivity contribution in [2.75, 3.05) is 13.7 Å². The van der Waals surface area contributed by atoms with Crippen LogP contribution >= 0.6 is 12.4 Å². The number of carbonyl (C=O) groups excluding carboxylic acids is 2. The van der Waals surface area contributed by atoms with Gasteiger partial charge < -0.3 is 20.5 Å². The third-order valence-corrected chi connectivity index (χ3v) is 6.66. The molecule has 0 saturated carbocycles. The van der Waals surface area contributed by atoms with Crippen molar-refractivity contribution in [3.8, 4) is 11.3 Å². The van der Waals surface area contributed by atoms with Crippen molar-refractivity contribution in [2.45, 2.75) is 51.4 Å². The highest BCUT2D eigenvalue weighted by molar-refractivity contribution is 5.86. The van der Waals surface area contributed by atoms with E-state index >= 15 is 0 Å². The first-order chi connectivity index (χ1) is 18.8. The van der Waals surface area contributed by atoms with Gasteiger partial charge in [-0.15, -0.1) is 12.4 Å². The van der Waals surface area contributed by atoms with E-state index in [2.05, 4.69) is 20.6 Å². The third-order valence-electron chi connectivity index (χ3n) is 6.66. The number of alkyl carbamates (subject to hydrolysis) is 1. The van der Waals surface area contributed by atoms with Gasteiger partial charge in [-0.25, -0.2) is 9.80 Å². The largest absolute Gasteiger partial charge is 0.453 e. The van der Waals surface area contributed by atoms with Crippen molar-refractivity contribution in [2.24, 2.45) is 11.8 Å². The highest BCUT2D eigenvalue weighted by Gasteiger charge is 2.30. The number of carbonyl (C=O) groups is 2. The van der Waals surface area contributed by atoms with Crippen LogP contribution in [0.3, 0.4) is 0 Å². The average Bonchev–Trinajstić information content (AvgIpc) is 2.96. The first kappa shape index (κ1) is 32.6. The zero-order chi connectivity index (χ0) is 28.2. The fourth-order valence-corrected chi connectivity index (χ4v) is 4.21. The van der Waals surface area contributed by atoms with Crippen LogP contribution in [0.4, 0.5) is 4.79 Å². The molecule has 0 bridgehead atoms. The number of halogens is 1. The number of aliphatic hydroxyl groups is 1. The number of amides is 2. The lowest BCUT2D eigenvalue weighted by Gasteiger charge is -2.30. The van der Waals surface area contributed by atoms with Crippen LogP contribution in [0.5, 0.6) is 0 Å². The Hall–Kier alpha value is -3.57. The Morgan fingerprint density at radius 2 is 1.75 bits per heavy atom. The van der Waals surface area contributed by atoms with Gasteiger partial charge in [-0.3, -0.25) is 20.6 Å². The summed E-state index contributed by atoms with van der Waals surface area (Å²) in [6.45, 7) is 4.32. The zero-order valence-corrected chi connectivity index (χ0v) is 23.9. The number of rotatable bonds is 13. The number of ether oxygens (including phenoxy) is 1. The van der Waals surface area contributed by atoms with Crippen molar-refractivity contribution < 1.29 is 19.4 Å². The number of nitrogens with one attached hydrogen (secondary N) is 2. The molecule has 0 radical (unpaired) electrons. The lowest BCUT2D eigenvalue weighted by Crippen LogP contribution is -2.57. The van der Waals surface area contributed by atoms with Crippen molar-refractivity contribution in [1.82, 2.24) is 25.6 Å². The number of nitrogens with zero attached hydrogens (tertiary/aromatic N) is 3. The van der Waals surface area contributed by atoms with Crippen LogP contribution in [0.15, 0.2) is 73.2 Å². The Balaban J connectivity index is 0.00000560. The van der Waals surface area contributed by atoms with Gasteiger partial charge in [0.1, 0.15) is 6.04 Å². The molecular formula is C29H39ClN6O4. The van der Waals surface area contributed by atoms with Crippen molar-refractivity contribution in [3.05, 3.63) is 84.3 Å². The first-order valence-electron chi connectivity index (χ1n) is 13.0. The predicted octanol–water partition coefficient (Wildman–Crippen LogP) is 3.10. The Bertz CT molecular complexity index is 1170. The molecule has 0 fully saturated rings. The first-order valence-corrected chi connectivity index (χ1v) is 13.0. The fraction of sp³-hybridized carbons (Fsp3) is 0.379. The lowest BCUT2D eigenvalue weighted by atomic mass is 9.96. The zero-order valence-electron chi connectivity index (χ0n) is 23.1. The highest BCUT2D eigenvalue weighted by atomic mass is 35.5. The van der Waals surface area contributed by atoms with Gasteiger partial charge in [0, 0.05) is 31.0 Å². The maximum Gasteiger partial charge on any atom is 0.407 e. The van der Waals surface area contributed by atoms with E-state index in [9.17, 15) is 14.7 Å². The number of nitrogens with two attached hydrogens (primary N) is 1. The Kier molecular flexibility index (Phi) is 13.5. The van der Waals surface area contributed by atoms with E-state index in [0.717, 1.165) is 22.4 Å². The van der Waals surface area contributed by atoms with Crippen LogP contribution in [0, 0.1) is 5.92 Å². The van der Waals surface area contributed by atoms with Gasteiger partial charge in [0.25, 0.3) is 0 Å². The monoisotopic (exact) mass is 570 g/mol. The lowest BCUT2D eigenvalue weighted by molar-refractivity contribution is -0.126. The minimum Gasteiger partial charge on any atom is -0.453 e. The molecule has 3 rings (SSSR count). The number of aliphatic hydroxyl groups excluding tert-OH is 1. The number of benzene rings is 2. The van der Waals surface area contributed by atoms with Crippen LogP contribution in [-0.2, 0) is 22.5 Å². The molecule has 2 amide bonds. The molecule has 0 aliphatic heterocycles. The number of hydrogen-bond acceptors (Lipinski definition) is 8. The number of hydrogen-bond donors (Lipinski definition) is 4. The second kappa shape index (κ2) is 16.5. The van der Waals surface area contributed by atoms with Crippen molar-refractivity contribution in [3.63, 3.8) is 0 Å². The minimum absolute atomic E-state index is 0. The smallest absolute Gasteiger partial charge is 0.407 e. The Morgan fingerprint density at radius 3 is 2.35 bits per heavy atom. The Labute approximate surface area is 241 Å². The molecule has 1 aromatic heterocycles. The van der Waals surface area contributed by atoms with E-state index in [1.807, 2.05) is 68.4 Å². The molecule has 2 unspecified atom stereocenters. The van der Waals surface area contributed by atoms with Crippen LogP contribution in [-0.4, -0.2) is 63.9 Å². The minimum atomic E-state index is -0.978. The van der Waals surface area contributed by atoms with Gasteiger partial charge in [-0.05, 0) is 23.5 Å². The fourth-order valence-electron chi connectivity index (χ4n) is 4.21. The molecule has 5 N–H and O–H groups in total. The molecule has 10 nitrogen and oxygen atoms in total. The van der Waals surface area contributed by atoms with E-state index < -0.39 is 30.2 Å². The van der Waals surface area contributed by atoms with Crippen molar-refractivity contribution in [1.29, 1.82) is 0 Å². The molecule has 3 aromatic rings. The van der Waals surface area contributed by atoms with E-state index in [0.29, 0.717) is 19.4 Å². The maximum atomic E-state index is 13.3. The molecule has 0 spiro atoms. The SMILES string of the molecule is CC[C@H](C)[C@H](NC(=O)OC)C(=O)NC(Cc1ccccc1)C(O)CN(N)Cc1ccc(-c2cnccn2)cc1.Cl. The van der Waals surface area contributed by atoms with E-state index in [1.165, 1.54) is 12.1 Å². The standard InChI is InChI=1S/C29H38N6O4.ClH/c1-4-20(2)27(34-29(38)39-3)28(37)33-24(16-21-8-6-5-7-9-21)26(36)19-35(30)18-22-10-12-23(13-11-22)25-17-31-14-15-32-25;/h5-15,17,20,24,26-27,36H,4,16,18-19,30H2,1-3H3,(H,33,37)(H,34,38);1H/t20-,24?,26?,27-;/m0./s1. The van der Waals surface area contributed by atoms with Gasteiger partial charge in [-0.2, -0.15) is 0 Å². The highest BCUT2D eigenvalue weighted by Crippen LogP contribution is 2.17. The summed E-state index contributed by atoms with van der Waals surface area (Å²) in [4.78, 5) is 33.6. The summed E-state index contributed by atoms with van der Waals surface area (Å²) >= 11 is 0. The number of aromatic nitrogens is 2. The maximum absolute atomic E-state index is 13.3. The molecule has 11 heteroatoms. The molecule has 1 heterocycles. The second-order valence-electron chi connectivity index (χ2n) is 9.59. The summed E-state index contributed by atoms with van der Waals surface area (Å²) < 4.78 is 4.71. The molecular weight excluding hydrogens is 532 g/mol. The number of methoxy groups -OCH3 is 1. The van der Waals surface area contributed by atoms with Crippen LogP contribution < -0.4 is 16.5 Å². The summed E-state index contributed by atoms with van der Waals surface area (Å²) in [5.74, 6) is 5.76. The molecule has 2 aromatic carbocycles. The number of hydrazine groups is 1. The summed E-state index contributed by atoms with van der Waals surface area (Å²) in [6.07, 6.45) is 4.37. The molecule has 0 aliphatic carbocycles. The summed E-state index contributed by atoms with van der Waals surface area (Å²) in [5.41, 5.74) is 3.63. The average molecular weight is 571 g/mol. The van der Waals surface area contributed by atoms with E-state index in [-0.39, 0.29) is 24.9 Å². The third kappa shape index (κ3) is 9.87. The van der Waals surface area contributed by atoms with Gasteiger partial charge in [0.05, 0.1) is 31.1 Å². The Morgan fingerprint density at radius 1 is 1.05 bits per heavy atom. The second-order valence-corrected chi connectivity index (χ2v) is 9.59. The van der Waals surface area contributed by atoms with Gasteiger partial charge in [0.15, 0.2) is 0 Å². The summed E-state index contributed by atoms with van der Waals surface area (Å²) in [5, 5.41) is 18.3. The van der Waals surface area contributed by atoms with Crippen LogP contribution in [0.1, 0.15) is 31.4 Å².